The van der Waals surface area contributed by atoms with Gasteiger partial charge in [0, 0.05) is 31.9 Å². The predicted molar refractivity (Wildman–Crippen MR) is 116 cm³/mol. The average molecular weight is 457 g/mol. The van der Waals surface area contributed by atoms with Crippen LogP contribution in [0, 0.1) is 10.1 Å². The first-order valence-electron chi connectivity index (χ1n) is 9.92. The van der Waals surface area contributed by atoms with Gasteiger partial charge < -0.3 is 19.1 Å². The molecule has 1 heterocycles. The second kappa shape index (κ2) is 10.2. The maximum atomic E-state index is 13.3. The fourth-order valence-corrected chi connectivity index (χ4v) is 3.54. The minimum Gasteiger partial charge on any atom is -0.497 e. The lowest BCUT2D eigenvalue weighted by Crippen LogP contribution is -2.49. The fraction of sp³-hybridized carbons (Fsp3) is 0.318. The maximum Gasteiger partial charge on any atom is 0.270 e. The van der Waals surface area contributed by atoms with Crippen LogP contribution in [0.15, 0.2) is 48.5 Å². The standard InChI is InChI=1S/C22H23N3O8/c1-31-17-9-7-15(8-10-17)24-19(26)12-18(22(24)28)23(13-20(32-2)33-3)21(27)14-5-4-6-16(11-14)25(29)30/h4-11,18,20H,12-13H2,1-3H3. The molecule has 174 valence electrons. The van der Waals surface area contributed by atoms with Crippen LogP contribution in [0.4, 0.5) is 11.4 Å². The van der Waals surface area contributed by atoms with E-state index in [0.29, 0.717) is 11.4 Å². The van der Waals surface area contributed by atoms with E-state index in [1.54, 1.807) is 24.3 Å². The second-order valence-corrected chi connectivity index (χ2v) is 7.15. The number of nitro benzene ring substituents is 1. The molecule has 0 N–H and O–H groups in total. The van der Waals surface area contributed by atoms with Gasteiger partial charge in [-0.2, -0.15) is 0 Å². The lowest BCUT2D eigenvalue weighted by molar-refractivity contribution is -0.384. The van der Waals surface area contributed by atoms with Gasteiger partial charge in [0.15, 0.2) is 6.29 Å². The third-order valence-corrected chi connectivity index (χ3v) is 5.27. The molecule has 3 rings (SSSR count). The monoisotopic (exact) mass is 457 g/mol. The molecule has 0 bridgehead atoms. The summed E-state index contributed by atoms with van der Waals surface area (Å²) in [5.41, 5.74) is 0.0638. The van der Waals surface area contributed by atoms with E-state index in [9.17, 15) is 24.5 Å². The van der Waals surface area contributed by atoms with E-state index in [0.717, 1.165) is 15.9 Å². The highest BCUT2D eigenvalue weighted by atomic mass is 16.7. The zero-order valence-electron chi connectivity index (χ0n) is 18.3. The molecule has 2 aromatic carbocycles. The molecule has 11 nitrogen and oxygen atoms in total. The number of rotatable bonds is 9. The molecule has 1 aliphatic heterocycles. The molecule has 1 unspecified atom stereocenters. The number of carbonyl (C=O) groups is 3. The molecule has 11 heteroatoms. The van der Waals surface area contributed by atoms with Crippen LogP contribution >= 0.6 is 0 Å². The van der Waals surface area contributed by atoms with Crippen LogP contribution in [-0.2, 0) is 19.1 Å². The molecule has 1 saturated heterocycles. The highest BCUT2D eigenvalue weighted by molar-refractivity contribution is 6.23. The average Bonchev–Trinajstić information content (AvgIpc) is 3.13. The summed E-state index contributed by atoms with van der Waals surface area (Å²) < 4.78 is 15.5. The second-order valence-electron chi connectivity index (χ2n) is 7.15. The van der Waals surface area contributed by atoms with E-state index in [1.165, 1.54) is 39.5 Å². The molecule has 0 radical (unpaired) electrons. The van der Waals surface area contributed by atoms with Crippen LogP contribution in [0.3, 0.4) is 0 Å². The molecular formula is C22H23N3O8. The van der Waals surface area contributed by atoms with Crippen molar-refractivity contribution in [3.05, 3.63) is 64.2 Å². The summed E-state index contributed by atoms with van der Waals surface area (Å²) >= 11 is 0. The van der Waals surface area contributed by atoms with E-state index in [1.807, 2.05) is 0 Å². The summed E-state index contributed by atoms with van der Waals surface area (Å²) in [4.78, 5) is 52.1. The van der Waals surface area contributed by atoms with Crippen molar-refractivity contribution >= 4 is 29.1 Å². The largest absolute Gasteiger partial charge is 0.497 e. The third kappa shape index (κ3) is 4.99. The fourth-order valence-electron chi connectivity index (χ4n) is 3.54. The van der Waals surface area contributed by atoms with Gasteiger partial charge in [-0.1, -0.05) is 6.07 Å². The number of hydrogen-bond donors (Lipinski definition) is 0. The van der Waals surface area contributed by atoms with Gasteiger partial charge in [0.1, 0.15) is 11.8 Å². The van der Waals surface area contributed by atoms with Crippen LogP contribution in [0.1, 0.15) is 16.8 Å². The summed E-state index contributed by atoms with van der Waals surface area (Å²) in [6.45, 7) is -0.172. The third-order valence-electron chi connectivity index (χ3n) is 5.27. The van der Waals surface area contributed by atoms with Gasteiger partial charge >= 0.3 is 0 Å². The number of carbonyl (C=O) groups excluding carboxylic acids is 3. The quantitative estimate of drug-likeness (QED) is 0.242. The topological polar surface area (TPSA) is 129 Å². The van der Waals surface area contributed by atoms with E-state index in [-0.39, 0.29) is 24.2 Å². The van der Waals surface area contributed by atoms with Crippen molar-refractivity contribution in [1.82, 2.24) is 4.90 Å². The van der Waals surface area contributed by atoms with Gasteiger partial charge in [-0.15, -0.1) is 0 Å². The molecule has 1 atom stereocenters. The van der Waals surface area contributed by atoms with Gasteiger partial charge in [-0.25, -0.2) is 4.90 Å². The first-order chi connectivity index (χ1) is 15.8. The number of non-ortho nitro benzene ring substituents is 1. The SMILES string of the molecule is COc1ccc(N2C(=O)CC(N(CC(OC)OC)C(=O)c3cccc([N+](=O)[O-])c3)C2=O)cc1. The van der Waals surface area contributed by atoms with Crippen molar-refractivity contribution in [2.24, 2.45) is 0 Å². The zero-order chi connectivity index (χ0) is 24.1. The summed E-state index contributed by atoms with van der Waals surface area (Å²) in [6, 6.07) is 10.4. The van der Waals surface area contributed by atoms with E-state index < -0.39 is 35.0 Å². The summed E-state index contributed by atoms with van der Waals surface area (Å²) in [5, 5.41) is 11.1. The van der Waals surface area contributed by atoms with Crippen molar-refractivity contribution in [3.63, 3.8) is 0 Å². The number of anilines is 1. The Morgan fingerprint density at radius 2 is 1.82 bits per heavy atom. The van der Waals surface area contributed by atoms with E-state index in [2.05, 4.69) is 0 Å². The Morgan fingerprint density at radius 1 is 1.15 bits per heavy atom. The Labute approximate surface area is 189 Å². The van der Waals surface area contributed by atoms with Gasteiger partial charge in [0.2, 0.25) is 5.91 Å². The normalized spacial score (nSPS) is 15.8. The van der Waals surface area contributed by atoms with Crippen molar-refractivity contribution in [2.45, 2.75) is 18.8 Å². The molecule has 0 aliphatic carbocycles. The van der Waals surface area contributed by atoms with Crippen molar-refractivity contribution in [3.8, 4) is 5.75 Å². The van der Waals surface area contributed by atoms with Crippen LogP contribution < -0.4 is 9.64 Å². The first-order valence-corrected chi connectivity index (χ1v) is 9.92. The Morgan fingerprint density at radius 3 is 2.39 bits per heavy atom. The minimum absolute atomic E-state index is 0.00157. The number of nitro groups is 1. The van der Waals surface area contributed by atoms with E-state index in [4.69, 9.17) is 14.2 Å². The zero-order valence-corrected chi connectivity index (χ0v) is 18.3. The smallest absolute Gasteiger partial charge is 0.270 e. The molecule has 1 fully saturated rings. The number of ether oxygens (including phenoxy) is 3. The van der Waals surface area contributed by atoms with Gasteiger partial charge in [-0.05, 0) is 30.3 Å². The highest BCUT2D eigenvalue weighted by Gasteiger charge is 2.45. The molecule has 2 aromatic rings. The van der Waals surface area contributed by atoms with Crippen LogP contribution in [0.25, 0.3) is 0 Å². The highest BCUT2D eigenvalue weighted by Crippen LogP contribution is 2.29. The Balaban J connectivity index is 1.95. The van der Waals surface area contributed by atoms with Crippen molar-refractivity contribution in [2.75, 3.05) is 32.8 Å². The van der Waals surface area contributed by atoms with Gasteiger partial charge in [0.05, 0.1) is 30.7 Å². The minimum atomic E-state index is -1.14. The molecular weight excluding hydrogens is 434 g/mol. The predicted octanol–water partition coefficient (Wildman–Crippen LogP) is 2.00. The molecule has 0 saturated carbocycles. The van der Waals surface area contributed by atoms with Crippen molar-refractivity contribution < 1.29 is 33.5 Å². The lowest BCUT2D eigenvalue weighted by atomic mass is 10.1. The number of methoxy groups -OCH3 is 3. The van der Waals surface area contributed by atoms with Gasteiger partial charge in [-0.3, -0.25) is 24.5 Å². The Kier molecular flexibility index (Phi) is 7.36. The van der Waals surface area contributed by atoms with E-state index >= 15 is 0 Å². The lowest BCUT2D eigenvalue weighted by Gasteiger charge is -2.30. The number of nitrogens with zero attached hydrogens (tertiary/aromatic N) is 3. The van der Waals surface area contributed by atoms with Crippen LogP contribution in [-0.4, -0.2) is 67.8 Å². The molecule has 0 aromatic heterocycles. The molecule has 1 aliphatic rings. The Bertz CT molecular complexity index is 1050. The van der Waals surface area contributed by atoms with Gasteiger partial charge in [0.25, 0.3) is 17.5 Å². The summed E-state index contributed by atoms with van der Waals surface area (Å²) in [6.07, 6.45) is -1.14. The number of imide groups is 1. The molecule has 33 heavy (non-hydrogen) atoms. The summed E-state index contributed by atoms with van der Waals surface area (Å²) in [7, 11) is 4.24. The molecule has 3 amide bonds. The Hall–Kier alpha value is -3.83. The van der Waals surface area contributed by atoms with Crippen LogP contribution in [0.2, 0.25) is 0 Å². The maximum absolute atomic E-state index is 13.3. The van der Waals surface area contributed by atoms with Crippen molar-refractivity contribution in [1.29, 1.82) is 0 Å². The van der Waals surface area contributed by atoms with Crippen LogP contribution in [0.5, 0.6) is 5.75 Å². The molecule has 0 spiro atoms. The number of benzene rings is 2. The number of amides is 3. The summed E-state index contributed by atoms with van der Waals surface area (Å²) in [5.74, 6) is -1.20. The first kappa shape index (κ1) is 23.8. The number of hydrogen-bond acceptors (Lipinski definition) is 8.